The third-order valence-corrected chi connectivity index (χ3v) is 2.45. The summed E-state index contributed by atoms with van der Waals surface area (Å²) in [5, 5.41) is 0. The van der Waals surface area contributed by atoms with Crippen LogP contribution in [-0.2, 0) is 0 Å². The maximum Gasteiger partial charge on any atom is 0.163 e. The van der Waals surface area contributed by atoms with Crippen LogP contribution in [0.2, 0.25) is 0 Å². The van der Waals surface area contributed by atoms with Crippen molar-refractivity contribution in [2.45, 2.75) is 27.2 Å². The van der Waals surface area contributed by atoms with Crippen LogP contribution in [0.25, 0.3) is 0 Å². The fraction of sp³-hybridized carbons (Fsp3) is 0.357. The van der Waals surface area contributed by atoms with Gasteiger partial charge in [-0.2, -0.15) is 0 Å². The highest BCUT2D eigenvalue weighted by Crippen LogP contribution is 2.21. The Labute approximate surface area is 96.9 Å². The van der Waals surface area contributed by atoms with Crippen LogP contribution in [0.3, 0.4) is 0 Å². The van der Waals surface area contributed by atoms with Crippen molar-refractivity contribution in [1.82, 2.24) is 0 Å². The Morgan fingerprint density at radius 1 is 1.44 bits per heavy atom. The summed E-state index contributed by atoms with van der Waals surface area (Å²) >= 11 is 0. The lowest BCUT2D eigenvalue weighted by atomic mass is 10.1. The van der Waals surface area contributed by atoms with Crippen LogP contribution in [0.1, 0.15) is 36.2 Å². The van der Waals surface area contributed by atoms with Crippen molar-refractivity contribution in [3.8, 4) is 5.75 Å². The van der Waals surface area contributed by atoms with Crippen molar-refractivity contribution < 1.29 is 9.53 Å². The van der Waals surface area contributed by atoms with Crippen LogP contribution in [-0.4, -0.2) is 12.4 Å². The van der Waals surface area contributed by atoms with E-state index in [1.807, 2.05) is 32.0 Å². The quantitative estimate of drug-likeness (QED) is 0.558. The molecule has 0 saturated carbocycles. The fourth-order valence-electron chi connectivity index (χ4n) is 1.32. The molecule has 0 aliphatic carbocycles. The first kappa shape index (κ1) is 12.5. The molecule has 0 fully saturated rings. The van der Waals surface area contributed by atoms with Crippen LogP contribution in [0.15, 0.2) is 30.4 Å². The van der Waals surface area contributed by atoms with Crippen LogP contribution in [0.5, 0.6) is 5.75 Å². The van der Waals surface area contributed by atoms with Crippen LogP contribution >= 0.6 is 0 Å². The fourth-order valence-corrected chi connectivity index (χ4v) is 1.32. The Bertz CT molecular complexity index is 405. The van der Waals surface area contributed by atoms with Crippen molar-refractivity contribution in [2.75, 3.05) is 6.61 Å². The second-order valence-electron chi connectivity index (χ2n) is 3.95. The summed E-state index contributed by atoms with van der Waals surface area (Å²) in [5.74, 6) is 0.680. The summed E-state index contributed by atoms with van der Waals surface area (Å²) in [5.41, 5.74) is 2.74. The van der Waals surface area contributed by atoms with E-state index >= 15 is 0 Å². The topological polar surface area (TPSA) is 26.3 Å². The van der Waals surface area contributed by atoms with Crippen LogP contribution in [0.4, 0.5) is 0 Å². The molecular formula is C14H18O2. The summed E-state index contributed by atoms with van der Waals surface area (Å²) in [6, 6.07) is 5.61. The molecule has 0 atom stereocenters. The lowest BCUT2D eigenvalue weighted by molar-refractivity contribution is 0.101. The van der Waals surface area contributed by atoms with E-state index in [0.717, 1.165) is 17.6 Å². The largest absolute Gasteiger partial charge is 0.488 e. The van der Waals surface area contributed by atoms with Crippen molar-refractivity contribution in [3.05, 3.63) is 41.5 Å². The highest BCUT2D eigenvalue weighted by molar-refractivity contribution is 5.96. The molecule has 1 rings (SSSR count). The first-order valence-electron chi connectivity index (χ1n) is 5.45. The first-order valence-corrected chi connectivity index (χ1v) is 5.45. The molecule has 0 saturated heterocycles. The van der Waals surface area contributed by atoms with Gasteiger partial charge in [0.15, 0.2) is 5.78 Å². The number of hydrogen-bond acceptors (Lipinski definition) is 2. The monoisotopic (exact) mass is 218 g/mol. The molecule has 0 unspecified atom stereocenters. The highest BCUT2D eigenvalue weighted by atomic mass is 16.5. The Balaban J connectivity index is 2.88. The number of ketones is 1. The average Bonchev–Trinajstić information content (AvgIpc) is 2.25. The molecule has 0 spiro atoms. The number of ether oxygens (including phenoxy) is 1. The molecule has 0 heterocycles. The Kier molecular flexibility index (Phi) is 4.29. The number of rotatable bonds is 5. The first-order chi connectivity index (χ1) is 7.54. The van der Waals surface area contributed by atoms with E-state index in [1.54, 1.807) is 6.92 Å². The molecule has 0 aliphatic rings. The standard InChI is InChI=1S/C14H18O2/c1-5-10(2)9-16-14-8-11(3)6-7-13(14)12(4)15/h6-8H,2,5,9H2,1,3-4H3. The average molecular weight is 218 g/mol. The van der Waals surface area contributed by atoms with E-state index in [1.165, 1.54) is 0 Å². The number of carbonyl (C=O) groups is 1. The summed E-state index contributed by atoms with van der Waals surface area (Å²) in [7, 11) is 0. The molecule has 1 aromatic rings. The normalized spacial score (nSPS) is 9.94. The smallest absolute Gasteiger partial charge is 0.163 e. The lowest BCUT2D eigenvalue weighted by Crippen LogP contribution is -2.04. The van der Waals surface area contributed by atoms with Gasteiger partial charge < -0.3 is 4.74 Å². The van der Waals surface area contributed by atoms with Crippen molar-refractivity contribution in [1.29, 1.82) is 0 Å². The SMILES string of the molecule is C=C(CC)COc1cc(C)ccc1C(C)=O. The molecule has 16 heavy (non-hydrogen) atoms. The summed E-state index contributed by atoms with van der Waals surface area (Å²) in [6.45, 7) is 9.91. The predicted molar refractivity (Wildman–Crippen MR) is 66.1 cm³/mol. The molecule has 2 heteroatoms. The number of carbonyl (C=O) groups excluding carboxylic acids is 1. The third-order valence-electron chi connectivity index (χ3n) is 2.45. The second kappa shape index (κ2) is 5.50. The molecule has 86 valence electrons. The third kappa shape index (κ3) is 3.23. The van der Waals surface area contributed by atoms with Gasteiger partial charge in [-0.05, 0) is 43.5 Å². The van der Waals surface area contributed by atoms with Gasteiger partial charge in [0.1, 0.15) is 12.4 Å². The lowest BCUT2D eigenvalue weighted by Gasteiger charge is -2.11. The zero-order chi connectivity index (χ0) is 12.1. The van der Waals surface area contributed by atoms with E-state index in [0.29, 0.717) is 17.9 Å². The summed E-state index contributed by atoms with van der Waals surface area (Å²) in [6.07, 6.45) is 0.890. The van der Waals surface area contributed by atoms with Gasteiger partial charge in [0, 0.05) is 0 Å². The molecular weight excluding hydrogens is 200 g/mol. The van der Waals surface area contributed by atoms with E-state index in [4.69, 9.17) is 4.74 Å². The summed E-state index contributed by atoms with van der Waals surface area (Å²) < 4.78 is 5.61. The molecule has 0 bridgehead atoms. The Morgan fingerprint density at radius 3 is 2.69 bits per heavy atom. The van der Waals surface area contributed by atoms with Gasteiger partial charge in [-0.25, -0.2) is 0 Å². The molecule has 1 aromatic carbocycles. The minimum absolute atomic E-state index is 0.0251. The maximum absolute atomic E-state index is 11.4. The van der Waals surface area contributed by atoms with Gasteiger partial charge in [-0.15, -0.1) is 0 Å². The van der Waals surface area contributed by atoms with Gasteiger partial charge in [0.25, 0.3) is 0 Å². The Morgan fingerprint density at radius 2 is 2.12 bits per heavy atom. The summed E-state index contributed by atoms with van der Waals surface area (Å²) in [4.78, 5) is 11.4. The van der Waals surface area contributed by atoms with Gasteiger partial charge in [-0.1, -0.05) is 19.6 Å². The van der Waals surface area contributed by atoms with E-state index in [2.05, 4.69) is 6.58 Å². The van der Waals surface area contributed by atoms with Gasteiger partial charge >= 0.3 is 0 Å². The number of Topliss-reactive ketones (excluding diaryl/α,β-unsaturated/α-hetero) is 1. The molecule has 0 radical (unpaired) electrons. The van der Waals surface area contributed by atoms with Gasteiger partial charge in [0.2, 0.25) is 0 Å². The molecule has 2 nitrogen and oxygen atoms in total. The number of hydrogen-bond donors (Lipinski definition) is 0. The molecule has 0 amide bonds. The maximum atomic E-state index is 11.4. The second-order valence-corrected chi connectivity index (χ2v) is 3.95. The van der Waals surface area contributed by atoms with Crippen molar-refractivity contribution in [3.63, 3.8) is 0 Å². The predicted octanol–water partition coefficient (Wildman–Crippen LogP) is 3.54. The zero-order valence-corrected chi connectivity index (χ0v) is 10.2. The van der Waals surface area contributed by atoms with Crippen LogP contribution < -0.4 is 4.74 Å². The number of benzene rings is 1. The van der Waals surface area contributed by atoms with Crippen molar-refractivity contribution >= 4 is 5.78 Å². The minimum Gasteiger partial charge on any atom is -0.488 e. The van der Waals surface area contributed by atoms with E-state index in [-0.39, 0.29) is 5.78 Å². The number of aryl methyl sites for hydroxylation is 1. The Hall–Kier alpha value is -1.57. The molecule has 0 aromatic heterocycles. The van der Waals surface area contributed by atoms with E-state index in [9.17, 15) is 4.79 Å². The van der Waals surface area contributed by atoms with Gasteiger partial charge in [0.05, 0.1) is 5.56 Å². The molecule has 0 N–H and O–H groups in total. The van der Waals surface area contributed by atoms with Gasteiger partial charge in [-0.3, -0.25) is 4.79 Å². The van der Waals surface area contributed by atoms with Crippen LogP contribution in [0, 0.1) is 6.92 Å². The minimum atomic E-state index is 0.0251. The zero-order valence-electron chi connectivity index (χ0n) is 10.2. The molecule has 0 aliphatic heterocycles. The highest BCUT2D eigenvalue weighted by Gasteiger charge is 2.08. The van der Waals surface area contributed by atoms with Crippen molar-refractivity contribution in [2.24, 2.45) is 0 Å². The van der Waals surface area contributed by atoms with E-state index < -0.39 is 0 Å².